The molecule has 1 saturated heterocycles. The van der Waals surface area contributed by atoms with Crippen LogP contribution in [0.3, 0.4) is 0 Å². The maximum absolute atomic E-state index is 11.2. The van der Waals surface area contributed by atoms with Crippen molar-refractivity contribution in [1.29, 1.82) is 0 Å². The number of aromatic nitrogens is 2. The summed E-state index contributed by atoms with van der Waals surface area (Å²) in [6, 6.07) is 3.39. The summed E-state index contributed by atoms with van der Waals surface area (Å²) in [5, 5.41) is 9.22. The van der Waals surface area contributed by atoms with E-state index in [2.05, 4.69) is 4.98 Å². The number of hydrogen-bond acceptors (Lipinski definition) is 4. The molecule has 1 aliphatic rings. The molecule has 2 aromatic rings. The monoisotopic (exact) mass is 275 g/mol. The van der Waals surface area contributed by atoms with Gasteiger partial charge in [-0.25, -0.2) is 4.98 Å². The molecule has 0 saturated carbocycles. The van der Waals surface area contributed by atoms with Crippen LogP contribution in [0.25, 0.3) is 5.65 Å². The van der Waals surface area contributed by atoms with E-state index in [-0.39, 0.29) is 6.61 Å². The van der Waals surface area contributed by atoms with Crippen molar-refractivity contribution in [1.82, 2.24) is 14.3 Å². The van der Waals surface area contributed by atoms with E-state index >= 15 is 0 Å². The second kappa shape index (κ2) is 5.22. The Morgan fingerprint density at radius 2 is 2.35 bits per heavy atom. The molecular formula is C14H17N3O3. The Balaban J connectivity index is 1.82. The Morgan fingerprint density at radius 1 is 1.50 bits per heavy atom. The lowest BCUT2D eigenvalue weighted by Gasteiger charge is -2.32. The predicted molar refractivity (Wildman–Crippen MR) is 72.6 cm³/mol. The number of imidazole rings is 1. The molecule has 6 nitrogen and oxygen atoms in total. The molecular weight excluding hydrogens is 258 g/mol. The third kappa shape index (κ3) is 2.52. The Bertz CT molecular complexity index is 638. The van der Waals surface area contributed by atoms with Gasteiger partial charge in [-0.2, -0.15) is 0 Å². The zero-order chi connectivity index (χ0) is 14.1. The molecule has 0 amide bonds. The molecule has 3 rings (SSSR count). The number of aliphatic carboxylic acids is 1. The summed E-state index contributed by atoms with van der Waals surface area (Å²) in [5.74, 6) is -0.843. The highest BCUT2D eigenvalue weighted by Crippen LogP contribution is 2.14. The normalized spacial score (nSPS) is 20.4. The summed E-state index contributed by atoms with van der Waals surface area (Å²) < 4.78 is 7.21. The van der Waals surface area contributed by atoms with Crippen LogP contribution in [0.2, 0.25) is 0 Å². The van der Waals surface area contributed by atoms with Gasteiger partial charge in [0.25, 0.3) is 0 Å². The number of hydrogen-bond donors (Lipinski definition) is 1. The van der Waals surface area contributed by atoms with Crippen molar-refractivity contribution in [2.24, 2.45) is 0 Å². The maximum atomic E-state index is 11.2. The molecule has 2 aromatic heterocycles. The summed E-state index contributed by atoms with van der Waals surface area (Å²) >= 11 is 0. The number of pyridine rings is 1. The molecule has 6 heteroatoms. The van der Waals surface area contributed by atoms with E-state index in [0.717, 1.165) is 16.9 Å². The van der Waals surface area contributed by atoms with Crippen molar-refractivity contribution in [3.05, 3.63) is 35.8 Å². The van der Waals surface area contributed by atoms with Crippen molar-refractivity contribution in [3.63, 3.8) is 0 Å². The van der Waals surface area contributed by atoms with Crippen molar-refractivity contribution < 1.29 is 14.6 Å². The van der Waals surface area contributed by atoms with E-state index < -0.39 is 12.0 Å². The summed E-state index contributed by atoms with van der Waals surface area (Å²) in [7, 11) is 0. The minimum Gasteiger partial charge on any atom is -0.480 e. The van der Waals surface area contributed by atoms with E-state index in [1.165, 1.54) is 0 Å². The van der Waals surface area contributed by atoms with Crippen LogP contribution in [0.5, 0.6) is 0 Å². The smallest absolute Gasteiger partial charge is 0.323 e. The molecule has 20 heavy (non-hydrogen) atoms. The number of nitrogens with zero attached hydrogens (tertiary/aromatic N) is 3. The Hall–Kier alpha value is -1.92. The van der Waals surface area contributed by atoms with Gasteiger partial charge < -0.3 is 14.2 Å². The first kappa shape index (κ1) is 13.1. The first-order chi connectivity index (χ1) is 9.63. The van der Waals surface area contributed by atoms with E-state index in [9.17, 15) is 9.90 Å². The number of rotatable bonds is 3. The Labute approximate surface area is 116 Å². The summed E-state index contributed by atoms with van der Waals surface area (Å²) in [6.07, 6.45) is 3.97. The van der Waals surface area contributed by atoms with Gasteiger partial charge in [-0.1, -0.05) is 6.07 Å². The van der Waals surface area contributed by atoms with Gasteiger partial charge in [0.15, 0.2) is 0 Å². The van der Waals surface area contributed by atoms with Crippen molar-refractivity contribution in [3.8, 4) is 0 Å². The first-order valence-corrected chi connectivity index (χ1v) is 6.62. The van der Waals surface area contributed by atoms with E-state index in [1.807, 2.05) is 40.8 Å². The average molecular weight is 275 g/mol. The molecule has 3 heterocycles. The van der Waals surface area contributed by atoms with Crippen LogP contribution < -0.4 is 0 Å². The number of carboxylic acids is 1. The molecule has 0 spiro atoms. The van der Waals surface area contributed by atoms with Crippen LogP contribution in [0.15, 0.2) is 24.5 Å². The minimum atomic E-state index is -0.843. The average Bonchev–Trinajstić information content (AvgIpc) is 2.80. The molecule has 1 atom stereocenters. The van der Waals surface area contributed by atoms with Gasteiger partial charge in [-0.3, -0.25) is 9.69 Å². The van der Waals surface area contributed by atoms with E-state index in [4.69, 9.17) is 4.74 Å². The lowest BCUT2D eigenvalue weighted by atomic mass is 10.2. The highest BCUT2D eigenvalue weighted by Gasteiger charge is 2.29. The lowest BCUT2D eigenvalue weighted by molar-refractivity contribution is -0.150. The number of ether oxygens (including phenoxy) is 1. The maximum Gasteiger partial charge on any atom is 0.323 e. The fourth-order valence-corrected chi connectivity index (χ4v) is 2.49. The molecule has 1 unspecified atom stereocenters. The Kier molecular flexibility index (Phi) is 3.42. The van der Waals surface area contributed by atoms with Gasteiger partial charge in [-0.05, 0) is 18.6 Å². The van der Waals surface area contributed by atoms with Crippen molar-refractivity contribution in [2.45, 2.75) is 19.5 Å². The Morgan fingerprint density at radius 3 is 3.15 bits per heavy atom. The largest absolute Gasteiger partial charge is 0.480 e. The fraction of sp³-hybridized carbons (Fsp3) is 0.429. The highest BCUT2D eigenvalue weighted by atomic mass is 16.5. The van der Waals surface area contributed by atoms with E-state index in [1.54, 1.807) is 0 Å². The van der Waals surface area contributed by atoms with Gasteiger partial charge in [0.1, 0.15) is 11.7 Å². The van der Waals surface area contributed by atoms with Gasteiger partial charge in [0, 0.05) is 25.5 Å². The zero-order valence-corrected chi connectivity index (χ0v) is 11.3. The fourth-order valence-electron chi connectivity index (χ4n) is 2.49. The van der Waals surface area contributed by atoms with Crippen LogP contribution >= 0.6 is 0 Å². The summed E-state index contributed by atoms with van der Waals surface area (Å²) in [5.41, 5.74) is 2.92. The summed E-state index contributed by atoms with van der Waals surface area (Å²) in [6.45, 7) is 3.98. The second-order valence-corrected chi connectivity index (χ2v) is 5.10. The van der Waals surface area contributed by atoms with Crippen LogP contribution in [0.1, 0.15) is 11.3 Å². The zero-order valence-electron chi connectivity index (χ0n) is 11.3. The molecule has 0 bridgehead atoms. The quantitative estimate of drug-likeness (QED) is 0.902. The van der Waals surface area contributed by atoms with Gasteiger partial charge in [-0.15, -0.1) is 0 Å². The van der Waals surface area contributed by atoms with Gasteiger partial charge in [0.2, 0.25) is 0 Å². The standard InChI is InChI=1S/C14H17N3O3/c1-10-2-3-13-15-11(8-17(13)6-10)7-16-4-5-20-9-12(16)14(18)19/h2-3,6,8,12H,4-5,7,9H2,1H3,(H,18,19). The molecule has 0 aromatic carbocycles. The molecule has 1 aliphatic heterocycles. The molecule has 106 valence electrons. The number of fused-ring (bicyclic) bond motifs is 1. The molecule has 0 aliphatic carbocycles. The lowest BCUT2D eigenvalue weighted by Crippen LogP contribution is -2.49. The number of aryl methyl sites for hydroxylation is 1. The second-order valence-electron chi connectivity index (χ2n) is 5.10. The molecule has 1 fully saturated rings. The number of morpholine rings is 1. The minimum absolute atomic E-state index is 0.238. The highest BCUT2D eigenvalue weighted by molar-refractivity contribution is 5.73. The first-order valence-electron chi connectivity index (χ1n) is 6.62. The van der Waals surface area contributed by atoms with Crippen molar-refractivity contribution >= 4 is 11.6 Å². The van der Waals surface area contributed by atoms with Crippen LogP contribution in [-0.2, 0) is 16.1 Å². The number of carbonyl (C=O) groups is 1. The summed E-state index contributed by atoms with van der Waals surface area (Å²) in [4.78, 5) is 17.7. The van der Waals surface area contributed by atoms with Crippen molar-refractivity contribution in [2.75, 3.05) is 19.8 Å². The third-order valence-electron chi connectivity index (χ3n) is 3.54. The van der Waals surface area contributed by atoms with Crippen LogP contribution in [0.4, 0.5) is 0 Å². The van der Waals surface area contributed by atoms with Crippen LogP contribution in [-0.4, -0.2) is 51.2 Å². The van der Waals surface area contributed by atoms with Gasteiger partial charge in [0.05, 0.1) is 18.9 Å². The van der Waals surface area contributed by atoms with E-state index in [0.29, 0.717) is 19.7 Å². The molecule has 1 N–H and O–H groups in total. The molecule has 0 radical (unpaired) electrons. The predicted octanol–water partition coefficient (Wildman–Crippen LogP) is 0.928. The SMILES string of the molecule is Cc1ccc2nc(CN3CCOCC3C(=O)O)cn2c1. The van der Waals surface area contributed by atoms with Crippen LogP contribution in [0, 0.1) is 6.92 Å². The number of carboxylic acid groups (broad SMARTS) is 1. The topological polar surface area (TPSA) is 67.1 Å². The third-order valence-corrected chi connectivity index (χ3v) is 3.54. The van der Waals surface area contributed by atoms with Gasteiger partial charge >= 0.3 is 5.97 Å².